The fraction of sp³-hybridized carbons (Fsp3) is 0. The zero-order valence-electron chi connectivity index (χ0n) is 8.90. The van der Waals surface area contributed by atoms with Crippen LogP contribution < -0.4 is 4.74 Å². The number of hydrogen-bond acceptors (Lipinski definition) is 4. The number of imidazole rings is 1. The molecule has 0 aliphatic carbocycles. The summed E-state index contributed by atoms with van der Waals surface area (Å²) in [5, 5.41) is 8.91. The molecule has 0 radical (unpaired) electrons. The van der Waals surface area contributed by atoms with Crippen molar-refractivity contribution in [1.29, 1.82) is 0 Å². The smallest absolute Gasteiger partial charge is 0.346 e. The number of carbonyl (C=O) groups is 2. The standard InChI is InChI=1S/C11H8N2O4.Ni/c14-9(15)7-3-1-2-4-8(7)10(16)17-11-12-5-6-13-11;/h1-6H,(H,12,13)(H,14,15);. The maximum atomic E-state index is 11.7. The van der Waals surface area contributed by atoms with Crippen LogP contribution in [0.2, 0.25) is 0 Å². The molecule has 0 spiro atoms. The molecule has 0 atom stereocenters. The first-order valence-electron chi connectivity index (χ1n) is 4.72. The Kier molecular flexibility index (Phi) is 4.62. The Morgan fingerprint density at radius 3 is 2.44 bits per heavy atom. The van der Waals surface area contributed by atoms with Crippen LogP contribution in [0.5, 0.6) is 6.01 Å². The molecule has 2 aromatic rings. The van der Waals surface area contributed by atoms with Gasteiger partial charge in [0.05, 0.1) is 11.1 Å². The van der Waals surface area contributed by atoms with Crippen LogP contribution in [0.3, 0.4) is 0 Å². The van der Waals surface area contributed by atoms with Crippen molar-refractivity contribution in [3.63, 3.8) is 0 Å². The van der Waals surface area contributed by atoms with Gasteiger partial charge in [-0.05, 0) is 12.1 Å². The second kappa shape index (κ2) is 5.98. The molecule has 0 saturated heterocycles. The number of rotatable bonds is 3. The van der Waals surface area contributed by atoms with Crippen molar-refractivity contribution < 1.29 is 35.9 Å². The number of H-pyrrole nitrogens is 1. The Morgan fingerprint density at radius 2 is 1.89 bits per heavy atom. The number of nitrogens with zero attached hydrogens (tertiary/aromatic N) is 1. The minimum atomic E-state index is -1.18. The predicted molar refractivity (Wildman–Crippen MR) is 56.9 cm³/mol. The number of aromatic nitrogens is 2. The number of carboxylic acids is 1. The van der Waals surface area contributed by atoms with Gasteiger partial charge in [-0.1, -0.05) is 12.1 Å². The van der Waals surface area contributed by atoms with Crippen LogP contribution >= 0.6 is 0 Å². The summed E-state index contributed by atoms with van der Waals surface area (Å²) < 4.78 is 4.86. The van der Waals surface area contributed by atoms with Crippen LogP contribution in [0, 0.1) is 0 Å². The minimum absolute atomic E-state index is 0. The molecule has 18 heavy (non-hydrogen) atoms. The van der Waals surface area contributed by atoms with Gasteiger partial charge in [-0.15, -0.1) is 0 Å². The average Bonchev–Trinajstić information content (AvgIpc) is 2.81. The van der Waals surface area contributed by atoms with E-state index in [0.717, 1.165) is 0 Å². The molecule has 0 bridgehead atoms. The molecule has 96 valence electrons. The zero-order chi connectivity index (χ0) is 12.3. The third kappa shape index (κ3) is 2.95. The van der Waals surface area contributed by atoms with Crippen LogP contribution in [-0.4, -0.2) is 27.0 Å². The quantitative estimate of drug-likeness (QED) is 0.657. The van der Waals surface area contributed by atoms with E-state index in [2.05, 4.69) is 9.97 Å². The van der Waals surface area contributed by atoms with Gasteiger partial charge in [0.2, 0.25) is 0 Å². The number of aromatic carboxylic acids is 1. The van der Waals surface area contributed by atoms with Crippen LogP contribution in [0.4, 0.5) is 0 Å². The topological polar surface area (TPSA) is 92.3 Å². The molecule has 2 rings (SSSR count). The van der Waals surface area contributed by atoms with Crippen LogP contribution in [0.1, 0.15) is 20.7 Å². The van der Waals surface area contributed by atoms with E-state index in [1.165, 1.54) is 30.6 Å². The summed E-state index contributed by atoms with van der Waals surface area (Å²) in [7, 11) is 0. The molecule has 2 N–H and O–H groups in total. The van der Waals surface area contributed by atoms with Gasteiger partial charge < -0.3 is 14.8 Å². The van der Waals surface area contributed by atoms with E-state index in [1.807, 2.05) is 0 Å². The summed E-state index contributed by atoms with van der Waals surface area (Å²) in [6.45, 7) is 0. The summed E-state index contributed by atoms with van der Waals surface area (Å²) in [6.07, 6.45) is 2.91. The van der Waals surface area contributed by atoms with Crippen LogP contribution in [-0.2, 0) is 16.5 Å². The van der Waals surface area contributed by atoms with Crippen LogP contribution in [0.25, 0.3) is 0 Å². The summed E-state index contributed by atoms with van der Waals surface area (Å²) in [5.41, 5.74) is -0.125. The molecule has 0 aliphatic heterocycles. The Morgan fingerprint density at radius 1 is 1.22 bits per heavy atom. The maximum absolute atomic E-state index is 11.7. The third-order valence-electron chi connectivity index (χ3n) is 2.04. The third-order valence-corrected chi connectivity index (χ3v) is 2.04. The van der Waals surface area contributed by atoms with Crippen molar-refractivity contribution in [2.75, 3.05) is 0 Å². The number of carboxylic acid groups (broad SMARTS) is 1. The summed E-state index contributed by atoms with van der Waals surface area (Å²) in [6, 6.07) is 5.84. The molecule has 0 amide bonds. The van der Waals surface area contributed by atoms with Gasteiger partial charge in [0.15, 0.2) is 0 Å². The van der Waals surface area contributed by atoms with E-state index in [-0.39, 0.29) is 33.6 Å². The SMILES string of the molecule is O=C(O)c1ccccc1C(=O)Oc1ncc[nH]1.[Ni]. The fourth-order valence-corrected chi connectivity index (χ4v) is 1.30. The number of ether oxygens (including phenoxy) is 1. The first-order valence-corrected chi connectivity index (χ1v) is 4.72. The molecular weight excluding hydrogens is 283 g/mol. The maximum Gasteiger partial charge on any atom is 0.346 e. The Hall–Kier alpha value is -2.14. The fourth-order valence-electron chi connectivity index (χ4n) is 1.30. The van der Waals surface area contributed by atoms with Crippen molar-refractivity contribution in [2.45, 2.75) is 0 Å². The van der Waals surface area contributed by atoms with Gasteiger partial charge in [-0.3, -0.25) is 0 Å². The summed E-state index contributed by atoms with van der Waals surface area (Å²) >= 11 is 0. The number of aromatic amines is 1. The molecule has 7 heteroatoms. The molecule has 0 fully saturated rings. The first kappa shape index (κ1) is 13.9. The molecule has 1 aromatic heterocycles. The molecular formula is C11H8N2NiO4. The number of benzene rings is 1. The second-order valence-corrected chi connectivity index (χ2v) is 3.13. The number of nitrogens with one attached hydrogen (secondary N) is 1. The van der Waals surface area contributed by atoms with E-state index in [4.69, 9.17) is 9.84 Å². The monoisotopic (exact) mass is 290 g/mol. The van der Waals surface area contributed by atoms with Gasteiger partial charge in [-0.2, -0.15) is 0 Å². The number of esters is 1. The summed E-state index contributed by atoms with van der Waals surface area (Å²) in [5.74, 6) is -1.95. The van der Waals surface area contributed by atoms with Crippen LogP contribution in [0.15, 0.2) is 36.7 Å². The molecule has 0 unspecified atom stereocenters. The zero-order valence-corrected chi connectivity index (χ0v) is 9.89. The Bertz CT molecular complexity index is 554. The van der Waals surface area contributed by atoms with Gasteiger partial charge >= 0.3 is 17.9 Å². The molecule has 0 aliphatic rings. The van der Waals surface area contributed by atoms with Gasteiger partial charge in [0.1, 0.15) is 0 Å². The molecule has 0 saturated carbocycles. The van der Waals surface area contributed by atoms with E-state index >= 15 is 0 Å². The van der Waals surface area contributed by atoms with Crippen molar-refractivity contribution in [2.24, 2.45) is 0 Å². The predicted octanol–water partition coefficient (Wildman–Crippen LogP) is 1.32. The molecule has 1 heterocycles. The summed E-state index contributed by atoms with van der Waals surface area (Å²) in [4.78, 5) is 28.9. The Balaban J connectivity index is 0.00000162. The normalized spacial score (nSPS) is 9.33. The molecule has 6 nitrogen and oxygen atoms in total. The second-order valence-electron chi connectivity index (χ2n) is 3.13. The number of hydrogen-bond donors (Lipinski definition) is 2. The Labute approximate surface area is 112 Å². The van der Waals surface area contributed by atoms with Crippen molar-refractivity contribution in [1.82, 2.24) is 9.97 Å². The van der Waals surface area contributed by atoms with Gasteiger partial charge in [0, 0.05) is 28.9 Å². The van der Waals surface area contributed by atoms with E-state index in [9.17, 15) is 9.59 Å². The van der Waals surface area contributed by atoms with Crippen molar-refractivity contribution >= 4 is 11.9 Å². The van der Waals surface area contributed by atoms with E-state index in [0.29, 0.717) is 0 Å². The largest absolute Gasteiger partial charge is 0.478 e. The first-order chi connectivity index (χ1) is 8.18. The van der Waals surface area contributed by atoms with Crippen molar-refractivity contribution in [3.8, 4) is 6.01 Å². The van der Waals surface area contributed by atoms with E-state index in [1.54, 1.807) is 6.07 Å². The number of carbonyl (C=O) groups excluding carboxylic acids is 1. The average molecular weight is 291 g/mol. The van der Waals surface area contributed by atoms with Gasteiger partial charge in [-0.25, -0.2) is 14.6 Å². The van der Waals surface area contributed by atoms with Crippen molar-refractivity contribution in [3.05, 3.63) is 47.8 Å². The minimum Gasteiger partial charge on any atom is -0.478 e. The van der Waals surface area contributed by atoms with E-state index < -0.39 is 11.9 Å². The van der Waals surface area contributed by atoms with Gasteiger partial charge in [0.25, 0.3) is 0 Å². The molecule has 1 aromatic carbocycles.